The first-order valence-electron chi connectivity index (χ1n) is 10.00. The van der Waals surface area contributed by atoms with Crippen LogP contribution in [0.4, 0.5) is 0 Å². The maximum absolute atomic E-state index is 11.2. The lowest BCUT2D eigenvalue weighted by molar-refractivity contribution is -0.0308. The largest absolute Gasteiger partial charge is 0.395 e. The number of benzene rings is 1. The second-order valence-corrected chi connectivity index (χ2v) is 8.95. The number of aliphatic hydroxyl groups excluding tert-OH is 1. The molecule has 0 bridgehead atoms. The fourth-order valence-corrected chi connectivity index (χ4v) is 5.49. The molecule has 1 saturated carbocycles. The number of fused-ring (bicyclic) bond motifs is 3. The van der Waals surface area contributed by atoms with Gasteiger partial charge in [-0.1, -0.05) is 57.5 Å². The molecule has 0 amide bonds. The third kappa shape index (κ3) is 3.29. The Morgan fingerprint density at radius 2 is 2.12 bits per heavy atom. The van der Waals surface area contributed by atoms with Gasteiger partial charge in [0.15, 0.2) is 0 Å². The molecule has 3 N–H and O–H groups in total. The van der Waals surface area contributed by atoms with Crippen LogP contribution in [0.3, 0.4) is 0 Å². The summed E-state index contributed by atoms with van der Waals surface area (Å²) in [4.78, 5) is 5.27. The third-order valence-corrected chi connectivity index (χ3v) is 6.66. The first-order chi connectivity index (χ1) is 12.3. The Bertz CT molecular complexity index is 672. The molecule has 1 fully saturated rings. The van der Waals surface area contributed by atoms with Gasteiger partial charge in [-0.05, 0) is 47.3 Å². The first-order valence-corrected chi connectivity index (χ1v) is 10.00. The fraction of sp³-hybridized carbons (Fsp3) is 0.682. The maximum atomic E-state index is 11.2. The van der Waals surface area contributed by atoms with Gasteiger partial charge in [-0.25, -0.2) is 0 Å². The average molecular weight is 359 g/mol. The van der Waals surface area contributed by atoms with E-state index in [1.165, 1.54) is 16.7 Å². The molecule has 0 heterocycles. The van der Waals surface area contributed by atoms with E-state index in [2.05, 4.69) is 51.0 Å². The van der Waals surface area contributed by atoms with Crippen LogP contribution < -0.4 is 5.73 Å². The molecule has 2 unspecified atom stereocenters. The normalized spacial score (nSPS) is 34.0. The first kappa shape index (κ1) is 19.4. The van der Waals surface area contributed by atoms with Crippen LogP contribution in [0, 0.1) is 11.3 Å². The molecule has 1 aromatic carbocycles. The van der Waals surface area contributed by atoms with Crippen LogP contribution in [0.25, 0.3) is 0 Å². The van der Waals surface area contributed by atoms with Gasteiger partial charge < -0.3 is 15.7 Å². The van der Waals surface area contributed by atoms with E-state index in [9.17, 15) is 5.11 Å². The van der Waals surface area contributed by atoms with Crippen LogP contribution >= 0.6 is 0 Å². The van der Waals surface area contributed by atoms with Gasteiger partial charge in [0, 0.05) is 17.9 Å². The predicted molar refractivity (Wildman–Crippen MR) is 107 cm³/mol. The SMILES string of the molecule is CC(C)c1ccc2c(c1)CC(O)C1[C@@](C)(C=NOCCN)CCC[C@]21C. The summed E-state index contributed by atoms with van der Waals surface area (Å²) in [5.74, 6) is 0.651. The van der Waals surface area contributed by atoms with Crippen molar-refractivity contribution in [2.45, 2.75) is 70.8 Å². The molecule has 26 heavy (non-hydrogen) atoms. The van der Waals surface area contributed by atoms with Gasteiger partial charge in [-0.3, -0.25) is 0 Å². The summed E-state index contributed by atoms with van der Waals surface area (Å²) in [6, 6.07) is 6.90. The molecular weight excluding hydrogens is 324 g/mol. The molecule has 1 aromatic rings. The summed E-state index contributed by atoms with van der Waals surface area (Å²) in [6.07, 6.45) is 5.56. The zero-order valence-electron chi connectivity index (χ0n) is 16.7. The van der Waals surface area contributed by atoms with Crippen LogP contribution in [0.2, 0.25) is 0 Å². The van der Waals surface area contributed by atoms with Crippen molar-refractivity contribution in [1.82, 2.24) is 0 Å². The molecule has 0 aliphatic heterocycles. The van der Waals surface area contributed by atoms with Gasteiger partial charge in [0.25, 0.3) is 0 Å². The summed E-state index contributed by atoms with van der Waals surface area (Å²) in [6.45, 7) is 9.89. The second-order valence-electron chi connectivity index (χ2n) is 8.95. The standard InChI is InChI=1S/C22H34N2O2/c1-15(2)16-6-7-18-17(12-16)13-19(25)20-21(3,14-24-26-11-10-23)8-5-9-22(18,20)4/h6-7,12,14-15,19-20,25H,5,8-11,13,23H2,1-4H3/t19?,20?,21-,22-/m1/s1. The Kier molecular flexibility index (Phi) is 5.45. The molecule has 4 heteroatoms. The number of nitrogens with two attached hydrogens (primary N) is 1. The van der Waals surface area contributed by atoms with Crippen molar-refractivity contribution < 1.29 is 9.94 Å². The van der Waals surface area contributed by atoms with Crippen molar-refractivity contribution in [2.24, 2.45) is 22.2 Å². The molecule has 0 radical (unpaired) electrons. The summed E-state index contributed by atoms with van der Waals surface area (Å²) >= 11 is 0. The molecule has 2 aliphatic rings. The van der Waals surface area contributed by atoms with Crippen molar-refractivity contribution in [3.05, 3.63) is 34.9 Å². The Morgan fingerprint density at radius 3 is 2.81 bits per heavy atom. The smallest absolute Gasteiger partial charge is 0.129 e. The van der Waals surface area contributed by atoms with E-state index in [-0.39, 0.29) is 22.9 Å². The van der Waals surface area contributed by atoms with Gasteiger partial charge in [0.05, 0.1) is 12.3 Å². The molecule has 0 saturated heterocycles. The highest BCUT2D eigenvalue weighted by Gasteiger charge is 2.55. The Labute approximate surface area is 157 Å². The molecular formula is C22H34N2O2. The molecule has 0 spiro atoms. The summed E-state index contributed by atoms with van der Waals surface area (Å²) < 4.78 is 0. The van der Waals surface area contributed by atoms with E-state index in [4.69, 9.17) is 10.6 Å². The van der Waals surface area contributed by atoms with Crippen molar-refractivity contribution in [3.63, 3.8) is 0 Å². The summed E-state index contributed by atoms with van der Waals surface area (Å²) in [5.41, 5.74) is 9.37. The lowest BCUT2D eigenvalue weighted by Gasteiger charge is -2.56. The topological polar surface area (TPSA) is 67.8 Å². The van der Waals surface area contributed by atoms with E-state index in [0.29, 0.717) is 19.1 Å². The van der Waals surface area contributed by atoms with Gasteiger partial charge in [-0.2, -0.15) is 0 Å². The maximum Gasteiger partial charge on any atom is 0.129 e. The molecule has 2 aliphatic carbocycles. The highest BCUT2D eigenvalue weighted by Crippen LogP contribution is 2.56. The quantitative estimate of drug-likeness (QED) is 0.478. The van der Waals surface area contributed by atoms with Gasteiger partial charge >= 0.3 is 0 Å². The van der Waals surface area contributed by atoms with Crippen LogP contribution in [-0.2, 0) is 16.7 Å². The number of oxime groups is 1. The van der Waals surface area contributed by atoms with Gasteiger partial charge in [0.2, 0.25) is 0 Å². The highest BCUT2D eigenvalue weighted by molar-refractivity contribution is 5.67. The van der Waals surface area contributed by atoms with Crippen LogP contribution in [-0.4, -0.2) is 30.6 Å². The van der Waals surface area contributed by atoms with E-state index >= 15 is 0 Å². The summed E-state index contributed by atoms with van der Waals surface area (Å²) in [7, 11) is 0. The number of hydrogen-bond donors (Lipinski definition) is 2. The third-order valence-electron chi connectivity index (χ3n) is 6.66. The molecule has 4 atom stereocenters. The average Bonchev–Trinajstić information content (AvgIpc) is 2.58. The Hall–Kier alpha value is -1.39. The van der Waals surface area contributed by atoms with Gasteiger partial charge in [0.1, 0.15) is 6.61 Å². The van der Waals surface area contributed by atoms with Crippen molar-refractivity contribution >= 4 is 6.21 Å². The summed E-state index contributed by atoms with van der Waals surface area (Å²) in [5, 5.41) is 15.4. The molecule has 3 rings (SSSR count). The highest BCUT2D eigenvalue weighted by atomic mass is 16.6. The van der Waals surface area contributed by atoms with E-state index < -0.39 is 0 Å². The lowest BCUT2D eigenvalue weighted by Crippen LogP contribution is -2.56. The predicted octanol–water partition coefficient (Wildman–Crippen LogP) is 3.75. The van der Waals surface area contributed by atoms with Gasteiger partial charge in [-0.15, -0.1) is 0 Å². The van der Waals surface area contributed by atoms with Crippen LogP contribution in [0.1, 0.15) is 69.6 Å². The Balaban J connectivity index is 1.98. The molecule has 0 aromatic heterocycles. The minimum Gasteiger partial charge on any atom is -0.395 e. The van der Waals surface area contributed by atoms with E-state index in [1.54, 1.807) is 0 Å². The fourth-order valence-electron chi connectivity index (χ4n) is 5.49. The molecule has 4 nitrogen and oxygen atoms in total. The minimum absolute atomic E-state index is 0.0323. The number of nitrogens with zero attached hydrogens (tertiary/aromatic N) is 1. The monoisotopic (exact) mass is 358 g/mol. The van der Waals surface area contributed by atoms with Crippen molar-refractivity contribution in [2.75, 3.05) is 13.2 Å². The van der Waals surface area contributed by atoms with E-state index in [0.717, 1.165) is 25.7 Å². The number of aliphatic hydroxyl groups is 1. The number of rotatable bonds is 5. The second kappa shape index (κ2) is 7.32. The number of hydrogen-bond acceptors (Lipinski definition) is 4. The van der Waals surface area contributed by atoms with Crippen LogP contribution in [0.5, 0.6) is 0 Å². The van der Waals surface area contributed by atoms with Crippen molar-refractivity contribution in [1.29, 1.82) is 0 Å². The Morgan fingerprint density at radius 1 is 1.35 bits per heavy atom. The van der Waals surface area contributed by atoms with E-state index in [1.807, 2.05) is 6.21 Å². The minimum atomic E-state index is -0.360. The van der Waals surface area contributed by atoms with Crippen LogP contribution in [0.15, 0.2) is 23.4 Å². The molecule has 144 valence electrons. The zero-order valence-corrected chi connectivity index (χ0v) is 16.7. The van der Waals surface area contributed by atoms with Crippen molar-refractivity contribution in [3.8, 4) is 0 Å². The lowest BCUT2D eigenvalue weighted by atomic mass is 9.49. The zero-order chi connectivity index (χ0) is 18.9.